The van der Waals surface area contributed by atoms with Crippen molar-refractivity contribution in [1.82, 2.24) is 35.9 Å². The van der Waals surface area contributed by atoms with Crippen LogP contribution in [0.2, 0.25) is 0 Å². The molecular weight excluding hydrogens is 678 g/mol. The standard InChI is InChI=1S/C39H61N7O7/c1-9-27(4)33(46-21-20-44(38(46)52)23-29-16-13-17-30(25-47)40-29)35(49)41-31(22-28-14-11-10-12-15-28)32(48)24-45(19-18-26(2)3)43-36(50)34(39(5,6)7)42-37(51)53-8/h10-17,26-27,31-34,47-48H,9,18-25H2,1-8H3,(H,41,49)(H,42,51)(H,43,50)/t27-,31-,32-,33-,34+/m0/s1. The summed E-state index contributed by atoms with van der Waals surface area (Å²) in [6, 6.07) is 12.0. The Morgan fingerprint density at radius 2 is 1.66 bits per heavy atom. The highest BCUT2D eigenvalue weighted by atomic mass is 16.5. The number of nitrogens with one attached hydrogen (secondary N) is 3. The fourth-order valence-corrected chi connectivity index (χ4v) is 6.29. The van der Waals surface area contributed by atoms with Gasteiger partial charge in [-0.15, -0.1) is 0 Å². The zero-order valence-electron chi connectivity index (χ0n) is 32.7. The maximum atomic E-state index is 14.3. The third kappa shape index (κ3) is 13.0. The van der Waals surface area contributed by atoms with Gasteiger partial charge >= 0.3 is 12.1 Å². The smallest absolute Gasteiger partial charge is 0.407 e. The molecule has 1 aliphatic heterocycles. The van der Waals surface area contributed by atoms with E-state index in [0.717, 1.165) is 5.56 Å². The van der Waals surface area contributed by atoms with Crippen LogP contribution in [0.15, 0.2) is 48.5 Å². The number of amides is 5. The van der Waals surface area contributed by atoms with Crippen LogP contribution in [0.4, 0.5) is 9.59 Å². The number of carbonyl (C=O) groups excluding carboxylic acids is 4. The third-order valence-corrected chi connectivity index (χ3v) is 9.61. The van der Waals surface area contributed by atoms with Crippen molar-refractivity contribution in [1.29, 1.82) is 0 Å². The summed E-state index contributed by atoms with van der Waals surface area (Å²) in [6.07, 6.45) is -0.230. The van der Waals surface area contributed by atoms with Gasteiger partial charge in [-0.2, -0.15) is 0 Å². The Kier molecular flexibility index (Phi) is 16.5. The molecule has 0 bridgehead atoms. The van der Waals surface area contributed by atoms with Gasteiger partial charge in [0, 0.05) is 26.2 Å². The number of nitrogens with zero attached hydrogens (tertiary/aromatic N) is 4. The molecule has 1 aromatic heterocycles. The van der Waals surface area contributed by atoms with E-state index < -0.39 is 41.6 Å². The Morgan fingerprint density at radius 3 is 2.26 bits per heavy atom. The van der Waals surface area contributed by atoms with Crippen molar-refractivity contribution in [3.63, 3.8) is 0 Å². The first-order chi connectivity index (χ1) is 25.1. The molecule has 2 aromatic rings. The molecule has 14 nitrogen and oxygen atoms in total. The summed E-state index contributed by atoms with van der Waals surface area (Å²) < 4.78 is 4.77. The van der Waals surface area contributed by atoms with Crippen LogP contribution < -0.4 is 16.1 Å². The maximum Gasteiger partial charge on any atom is 0.407 e. The molecule has 1 aromatic carbocycles. The van der Waals surface area contributed by atoms with Crippen molar-refractivity contribution in [3.05, 3.63) is 65.5 Å². The maximum absolute atomic E-state index is 14.3. The summed E-state index contributed by atoms with van der Waals surface area (Å²) in [5.41, 5.74) is 4.32. The van der Waals surface area contributed by atoms with Gasteiger partial charge in [0.1, 0.15) is 12.1 Å². The summed E-state index contributed by atoms with van der Waals surface area (Å²) in [4.78, 5) is 61.6. The van der Waals surface area contributed by atoms with Gasteiger partial charge in [0.2, 0.25) is 5.91 Å². The van der Waals surface area contributed by atoms with Crippen molar-refractivity contribution in [2.45, 2.75) is 105 Å². The van der Waals surface area contributed by atoms with Gasteiger partial charge < -0.3 is 35.4 Å². The second-order valence-corrected chi connectivity index (χ2v) is 15.4. The Bertz CT molecular complexity index is 1490. The van der Waals surface area contributed by atoms with E-state index in [2.05, 4.69) is 34.9 Å². The molecule has 14 heteroatoms. The van der Waals surface area contributed by atoms with E-state index in [1.807, 2.05) is 65.0 Å². The number of methoxy groups -OCH3 is 1. The number of rotatable bonds is 19. The highest BCUT2D eigenvalue weighted by Gasteiger charge is 2.41. The number of aliphatic hydroxyl groups is 2. The number of urea groups is 1. The van der Waals surface area contributed by atoms with Crippen molar-refractivity contribution in [3.8, 4) is 0 Å². The summed E-state index contributed by atoms with van der Waals surface area (Å²) in [6.45, 7) is 14.7. The van der Waals surface area contributed by atoms with E-state index in [-0.39, 0.29) is 37.6 Å². The zero-order valence-corrected chi connectivity index (χ0v) is 32.7. The number of hydrogen-bond donors (Lipinski definition) is 5. The van der Waals surface area contributed by atoms with Crippen LogP contribution in [0.3, 0.4) is 0 Å². The number of ether oxygens (including phenoxy) is 1. The van der Waals surface area contributed by atoms with Crippen LogP contribution in [0, 0.1) is 17.3 Å². The molecule has 5 N–H and O–H groups in total. The highest BCUT2D eigenvalue weighted by Crippen LogP contribution is 2.24. The number of alkyl carbamates (subject to hydrolysis) is 1. The van der Waals surface area contributed by atoms with Gasteiger partial charge in [-0.25, -0.2) is 14.6 Å². The van der Waals surface area contributed by atoms with E-state index in [1.54, 1.807) is 33.0 Å². The molecule has 1 aliphatic rings. The van der Waals surface area contributed by atoms with E-state index in [9.17, 15) is 29.4 Å². The topological polar surface area (TPSA) is 177 Å². The second kappa shape index (κ2) is 20.3. The fraction of sp³-hybridized carbons (Fsp3) is 0.615. The molecule has 0 aliphatic carbocycles. The average Bonchev–Trinajstić information content (AvgIpc) is 3.47. The predicted molar refractivity (Wildman–Crippen MR) is 202 cm³/mol. The minimum absolute atomic E-state index is 0.0182. The Labute approximate surface area is 314 Å². The monoisotopic (exact) mass is 739 g/mol. The van der Waals surface area contributed by atoms with Crippen molar-refractivity contribution >= 4 is 23.9 Å². The van der Waals surface area contributed by atoms with Gasteiger partial charge in [-0.3, -0.25) is 20.0 Å². The van der Waals surface area contributed by atoms with Crippen LogP contribution >= 0.6 is 0 Å². The number of aliphatic hydroxyl groups excluding tert-OH is 2. The molecule has 0 saturated carbocycles. The van der Waals surface area contributed by atoms with E-state index >= 15 is 0 Å². The number of aromatic nitrogens is 1. The minimum atomic E-state index is -1.14. The first-order valence-electron chi connectivity index (χ1n) is 18.6. The van der Waals surface area contributed by atoms with Crippen molar-refractivity contribution in [2.24, 2.45) is 17.3 Å². The lowest BCUT2D eigenvalue weighted by Crippen LogP contribution is -2.60. The molecule has 294 valence electrons. The lowest BCUT2D eigenvalue weighted by molar-refractivity contribution is -0.132. The van der Waals surface area contributed by atoms with Crippen LogP contribution in [0.25, 0.3) is 0 Å². The molecule has 3 rings (SSSR count). The predicted octanol–water partition coefficient (Wildman–Crippen LogP) is 3.46. The number of hydrazine groups is 1. The van der Waals surface area contributed by atoms with Crippen LogP contribution in [0.1, 0.15) is 78.3 Å². The van der Waals surface area contributed by atoms with Gasteiger partial charge in [0.05, 0.1) is 43.8 Å². The first kappa shape index (κ1) is 43.1. The lowest BCUT2D eigenvalue weighted by atomic mass is 9.86. The molecule has 5 atom stereocenters. The van der Waals surface area contributed by atoms with Crippen LogP contribution in [-0.2, 0) is 33.9 Å². The fourth-order valence-electron chi connectivity index (χ4n) is 6.29. The number of pyridine rings is 1. The van der Waals surface area contributed by atoms with E-state index in [4.69, 9.17) is 4.74 Å². The Balaban J connectivity index is 1.86. The zero-order chi connectivity index (χ0) is 39.3. The lowest BCUT2D eigenvalue weighted by Gasteiger charge is -2.36. The molecule has 5 amide bonds. The Hall–Kier alpha value is -4.27. The first-order valence-corrected chi connectivity index (χ1v) is 18.6. The van der Waals surface area contributed by atoms with Crippen LogP contribution in [-0.4, -0.2) is 111 Å². The molecule has 0 unspecified atom stereocenters. The molecule has 0 radical (unpaired) electrons. The summed E-state index contributed by atoms with van der Waals surface area (Å²) in [5, 5.41) is 28.8. The largest absolute Gasteiger partial charge is 0.453 e. The van der Waals surface area contributed by atoms with E-state index in [0.29, 0.717) is 56.2 Å². The van der Waals surface area contributed by atoms with Crippen molar-refractivity contribution < 1.29 is 34.1 Å². The van der Waals surface area contributed by atoms with E-state index in [1.165, 1.54) is 7.11 Å². The normalized spacial score (nSPS) is 16.3. The van der Waals surface area contributed by atoms with Crippen molar-refractivity contribution in [2.75, 3.05) is 33.3 Å². The summed E-state index contributed by atoms with van der Waals surface area (Å²) >= 11 is 0. The molecule has 1 saturated heterocycles. The van der Waals surface area contributed by atoms with Crippen LogP contribution in [0.5, 0.6) is 0 Å². The molecule has 0 spiro atoms. The summed E-state index contributed by atoms with van der Waals surface area (Å²) in [7, 11) is 1.23. The Morgan fingerprint density at radius 1 is 0.981 bits per heavy atom. The third-order valence-electron chi connectivity index (χ3n) is 9.61. The quantitative estimate of drug-likeness (QED) is 0.135. The number of hydrogen-bond acceptors (Lipinski definition) is 9. The average molecular weight is 740 g/mol. The SMILES string of the molecule is CC[C@H](C)[C@@H](C(=O)N[C@@H](Cc1ccccc1)[C@@H](O)CN(CCC(C)C)NC(=O)[C@@H](NC(=O)OC)C(C)(C)C)N1CCN(Cc2cccc(CO)n2)C1=O. The van der Waals surface area contributed by atoms with Gasteiger partial charge in [-0.05, 0) is 47.8 Å². The van der Waals surface area contributed by atoms with Gasteiger partial charge in [-0.1, -0.05) is 91.3 Å². The highest BCUT2D eigenvalue weighted by molar-refractivity contribution is 5.88. The molecule has 53 heavy (non-hydrogen) atoms. The number of benzene rings is 1. The number of carbonyl (C=O) groups is 4. The molecule has 2 heterocycles. The van der Waals surface area contributed by atoms with Gasteiger partial charge in [0.25, 0.3) is 5.91 Å². The molecular formula is C39H61N7O7. The minimum Gasteiger partial charge on any atom is -0.453 e. The molecule has 1 fully saturated rings. The van der Waals surface area contributed by atoms with Gasteiger partial charge in [0.15, 0.2) is 0 Å². The summed E-state index contributed by atoms with van der Waals surface area (Å²) in [5.74, 6) is -0.735. The second-order valence-electron chi connectivity index (χ2n) is 15.4.